The fraction of sp³-hybridized carbons (Fsp3) is 0.467. The highest BCUT2D eigenvalue weighted by Gasteiger charge is 2.37. The summed E-state index contributed by atoms with van der Waals surface area (Å²) in [7, 11) is 2.27. The van der Waals surface area contributed by atoms with Crippen LogP contribution in [-0.2, 0) is 0 Å². The highest BCUT2D eigenvalue weighted by molar-refractivity contribution is 5.32. The molecule has 1 aromatic carbocycles. The molecule has 84 valence electrons. The zero-order valence-electron chi connectivity index (χ0n) is 10.1. The Balaban J connectivity index is 1.96. The highest BCUT2D eigenvalue weighted by atomic mass is 15.2. The Bertz CT molecular complexity index is 421. The van der Waals surface area contributed by atoms with Crippen LogP contribution in [0.25, 0.3) is 0 Å². The number of nitrogens with zero attached hydrogens (tertiary/aromatic N) is 1. The van der Waals surface area contributed by atoms with Gasteiger partial charge in [-0.05, 0) is 32.4 Å². The molecule has 0 amide bonds. The van der Waals surface area contributed by atoms with E-state index in [1.165, 1.54) is 24.0 Å². The summed E-state index contributed by atoms with van der Waals surface area (Å²) in [5.41, 5.74) is 2.85. The van der Waals surface area contributed by atoms with Crippen LogP contribution in [0.1, 0.15) is 29.9 Å². The third-order valence-corrected chi connectivity index (χ3v) is 4.19. The predicted molar refractivity (Wildman–Crippen MR) is 67.6 cm³/mol. The third kappa shape index (κ3) is 1.51. The van der Waals surface area contributed by atoms with Crippen molar-refractivity contribution in [2.24, 2.45) is 0 Å². The van der Waals surface area contributed by atoms with Gasteiger partial charge in [0, 0.05) is 18.0 Å². The molecule has 2 aliphatic heterocycles. The fourth-order valence-electron chi connectivity index (χ4n) is 3.25. The Labute approximate surface area is 97.8 Å². The van der Waals surface area contributed by atoms with Crippen molar-refractivity contribution >= 4 is 0 Å². The largest absolute Gasteiger partial charge is 0.296 e. The second-order valence-corrected chi connectivity index (χ2v) is 5.20. The average molecular weight is 213 g/mol. The van der Waals surface area contributed by atoms with Crippen LogP contribution in [0.15, 0.2) is 36.4 Å². The lowest BCUT2D eigenvalue weighted by Crippen LogP contribution is -2.37. The molecule has 1 aromatic rings. The summed E-state index contributed by atoms with van der Waals surface area (Å²) in [5.74, 6) is 0.601. The summed E-state index contributed by atoms with van der Waals surface area (Å²) in [6.45, 7) is 2.18. The van der Waals surface area contributed by atoms with Gasteiger partial charge >= 0.3 is 0 Å². The molecule has 2 bridgehead atoms. The molecule has 1 nitrogen and oxygen atoms in total. The summed E-state index contributed by atoms with van der Waals surface area (Å²) in [6.07, 6.45) is 7.50. The number of aryl methyl sites for hydroxylation is 1. The van der Waals surface area contributed by atoms with Crippen molar-refractivity contribution in [1.29, 1.82) is 0 Å². The van der Waals surface area contributed by atoms with Crippen LogP contribution in [0.5, 0.6) is 0 Å². The van der Waals surface area contributed by atoms with Gasteiger partial charge in [-0.1, -0.05) is 42.0 Å². The Hall–Kier alpha value is -1.08. The maximum absolute atomic E-state index is 2.55. The molecule has 3 atom stereocenters. The minimum Gasteiger partial charge on any atom is -0.296 e. The molecule has 3 unspecified atom stereocenters. The maximum atomic E-state index is 2.55. The molecule has 0 radical (unpaired) electrons. The van der Waals surface area contributed by atoms with E-state index in [4.69, 9.17) is 0 Å². The first-order valence-electron chi connectivity index (χ1n) is 6.22. The normalized spacial score (nSPS) is 33.2. The minimum atomic E-state index is 0.601. The molecular formula is C15H19N. The highest BCUT2D eigenvalue weighted by Crippen LogP contribution is 2.38. The smallest absolute Gasteiger partial charge is 0.0279 e. The summed E-state index contributed by atoms with van der Waals surface area (Å²) < 4.78 is 0. The van der Waals surface area contributed by atoms with Crippen molar-refractivity contribution in [3.8, 4) is 0 Å². The van der Waals surface area contributed by atoms with Crippen LogP contribution in [0.3, 0.4) is 0 Å². The van der Waals surface area contributed by atoms with E-state index in [2.05, 4.69) is 55.3 Å². The Kier molecular flexibility index (Phi) is 2.36. The van der Waals surface area contributed by atoms with E-state index in [-0.39, 0.29) is 0 Å². The van der Waals surface area contributed by atoms with Crippen molar-refractivity contribution in [3.63, 3.8) is 0 Å². The van der Waals surface area contributed by atoms with Gasteiger partial charge in [-0.3, -0.25) is 4.90 Å². The summed E-state index contributed by atoms with van der Waals surface area (Å²) in [5, 5.41) is 0. The van der Waals surface area contributed by atoms with Gasteiger partial charge in [0.1, 0.15) is 0 Å². The predicted octanol–water partition coefficient (Wildman–Crippen LogP) is 3.11. The van der Waals surface area contributed by atoms with Gasteiger partial charge in [-0.25, -0.2) is 0 Å². The number of likely N-dealkylation sites (N-methyl/N-ethyl adjacent to an activating group) is 1. The second kappa shape index (κ2) is 3.74. The van der Waals surface area contributed by atoms with Crippen molar-refractivity contribution in [2.45, 2.75) is 37.8 Å². The van der Waals surface area contributed by atoms with Gasteiger partial charge in [0.25, 0.3) is 0 Å². The van der Waals surface area contributed by atoms with Gasteiger partial charge in [0.15, 0.2) is 0 Å². The van der Waals surface area contributed by atoms with Crippen molar-refractivity contribution in [2.75, 3.05) is 7.05 Å². The van der Waals surface area contributed by atoms with Gasteiger partial charge in [-0.15, -0.1) is 0 Å². The average Bonchev–Trinajstić information content (AvgIpc) is 2.52. The number of hydrogen-bond donors (Lipinski definition) is 0. The van der Waals surface area contributed by atoms with Crippen LogP contribution in [0.2, 0.25) is 0 Å². The molecule has 0 aromatic heterocycles. The van der Waals surface area contributed by atoms with Crippen LogP contribution in [0, 0.1) is 6.92 Å². The van der Waals surface area contributed by atoms with E-state index in [1.54, 1.807) is 0 Å². The summed E-state index contributed by atoms with van der Waals surface area (Å²) in [6, 6.07) is 10.4. The van der Waals surface area contributed by atoms with Gasteiger partial charge < -0.3 is 0 Å². The van der Waals surface area contributed by atoms with Crippen molar-refractivity contribution in [3.05, 3.63) is 47.5 Å². The summed E-state index contributed by atoms with van der Waals surface area (Å²) in [4.78, 5) is 2.55. The minimum absolute atomic E-state index is 0.601. The third-order valence-electron chi connectivity index (χ3n) is 4.19. The first-order valence-corrected chi connectivity index (χ1v) is 6.22. The van der Waals surface area contributed by atoms with Gasteiger partial charge in [-0.2, -0.15) is 0 Å². The molecule has 0 saturated carbocycles. The van der Waals surface area contributed by atoms with Crippen molar-refractivity contribution < 1.29 is 0 Å². The Morgan fingerprint density at radius 2 is 2.06 bits per heavy atom. The van der Waals surface area contributed by atoms with E-state index in [9.17, 15) is 0 Å². The molecule has 3 rings (SSSR count). The standard InChI is InChI=1S/C15H19N/c1-11-4-3-5-12(10-11)14-8-6-13-7-9-15(14)16(13)2/h3-6,8,10,13-15H,7,9H2,1-2H3. The van der Waals surface area contributed by atoms with Gasteiger partial charge in [0.05, 0.1) is 0 Å². The van der Waals surface area contributed by atoms with E-state index < -0.39 is 0 Å². The fourth-order valence-corrected chi connectivity index (χ4v) is 3.25. The number of fused-ring (bicyclic) bond motifs is 2. The topological polar surface area (TPSA) is 3.24 Å². The second-order valence-electron chi connectivity index (χ2n) is 5.20. The first-order chi connectivity index (χ1) is 7.75. The molecule has 16 heavy (non-hydrogen) atoms. The zero-order valence-corrected chi connectivity index (χ0v) is 10.1. The van der Waals surface area contributed by atoms with Crippen LogP contribution >= 0.6 is 0 Å². The molecule has 1 fully saturated rings. The van der Waals surface area contributed by atoms with Crippen LogP contribution < -0.4 is 0 Å². The van der Waals surface area contributed by atoms with E-state index in [1.807, 2.05) is 0 Å². The molecule has 1 saturated heterocycles. The molecule has 0 N–H and O–H groups in total. The SMILES string of the molecule is Cc1cccc(C2C=CC3CCC2N3C)c1. The lowest BCUT2D eigenvalue weighted by Gasteiger charge is -2.33. The van der Waals surface area contributed by atoms with E-state index in [0.717, 1.165) is 6.04 Å². The van der Waals surface area contributed by atoms with E-state index >= 15 is 0 Å². The maximum Gasteiger partial charge on any atom is 0.0279 e. The summed E-state index contributed by atoms with van der Waals surface area (Å²) >= 11 is 0. The molecule has 1 heteroatoms. The van der Waals surface area contributed by atoms with Crippen LogP contribution in [-0.4, -0.2) is 24.0 Å². The zero-order chi connectivity index (χ0) is 11.1. The van der Waals surface area contributed by atoms with Gasteiger partial charge in [0.2, 0.25) is 0 Å². The van der Waals surface area contributed by atoms with Crippen molar-refractivity contribution in [1.82, 2.24) is 4.90 Å². The molecule has 0 spiro atoms. The molecule has 2 heterocycles. The number of benzene rings is 1. The van der Waals surface area contributed by atoms with Crippen LogP contribution in [0.4, 0.5) is 0 Å². The number of rotatable bonds is 1. The molecule has 0 aliphatic carbocycles. The monoisotopic (exact) mass is 213 g/mol. The first kappa shape index (κ1) is 10.1. The lowest BCUT2D eigenvalue weighted by atomic mass is 9.88. The Morgan fingerprint density at radius 3 is 2.88 bits per heavy atom. The molecular weight excluding hydrogens is 194 g/mol. The van der Waals surface area contributed by atoms with E-state index in [0.29, 0.717) is 12.0 Å². The molecule has 2 aliphatic rings. The lowest BCUT2D eigenvalue weighted by molar-refractivity contribution is 0.241. The Morgan fingerprint density at radius 1 is 1.19 bits per heavy atom. The number of hydrogen-bond acceptors (Lipinski definition) is 1. The quantitative estimate of drug-likeness (QED) is 0.648.